The van der Waals surface area contributed by atoms with Crippen molar-refractivity contribution >= 4 is 16.9 Å². The first-order chi connectivity index (χ1) is 9.22. The average Bonchev–Trinajstić information content (AvgIpc) is 2.89. The molecule has 6 nitrogen and oxygen atoms in total. The van der Waals surface area contributed by atoms with Gasteiger partial charge in [0.15, 0.2) is 17.2 Å². The summed E-state index contributed by atoms with van der Waals surface area (Å²) in [5.74, 6) is 1.25. The van der Waals surface area contributed by atoms with E-state index in [9.17, 15) is 4.79 Å². The zero-order valence-electron chi connectivity index (χ0n) is 10.4. The highest BCUT2D eigenvalue weighted by molar-refractivity contribution is 5.95. The van der Waals surface area contributed by atoms with Crippen molar-refractivity contribution in [2.75, 3.05) is 21.0 Å². The molecule has 0 N–H and O–H groups in total. The molecule has 2 heterocycles. The van der Waals surface area contributed by atoms with Gasteiger partial charge in [-0.3, -0.25) is 0 Å². The molecule has 0 aliphatic carbocycles. The lowest BCUT2D eigenvalue weighted by Gasteiger charge is -2.08. The molecule has 19 heavy (non-hydrogen) atoms. The van der Waals surface area contributed by atoms with Crippen molar-refractivity contribution in [2.45, 2.75) is 0 Å². The third-order valence-electron chi connectivity index (χ3n) is 2.88. The number of rotatable bonds is 2. The standard InChI is InChI=1S/C13H11NO5/c1-16-10-5-9(13(15)17-2)14-8-4-12-11(3-7(8)10)18-6-19-12/h3-5H,6H2,1-2H3. The molecule has 0 saturated heterocycles. The summed E-state index contributed by atoms with van der Waals surface area (Å²) < 4.78 is 20.5. The van der Waals surface area contributed by atoms with Crippen molar-refractivity contribution in [3.63, 3.8) is 0 Å². The van der Waals surface area contributed by atoms with E-state index in [1.165, 1.54) is 20.3 Å². The highest BCUT2D eigenvalue weighted by Gasteiger charge is 2.19. The predicted molar refractivity (Wildman–Crippen MR) is 65.8 cm³/mol. The number of pyridine rings is 1. The molecule has 0 spiro atoms. The van der Waals surface area contributed by atoms with Gasteiger partial charge in [0.25, 0.3) is 0 Å². The van der Waals surface area contributed by atoms with Crippen molar-refractivity contribution in [1.82, 2.24) is 4.98 Å². The van der Waals surface area contributed by atoms with Crippen LogP contribution >= 0.6 is 0 Å². The van der Waals surface area contributed by atoms with E-state index in [0.717, 1.165) is 5.39 Å². The summed E-state index contributed by atoms with van der Waals surface area (Å²) in [6.07, 6.45) is 0. The van der Waals surface area contributed by atoms with E-state index in [2.05, 4.69) is 9.72 Å². The molecular weight excluding hydrogens is 250 g/mol. The third-order valence-corrected chi connectivity index (χ3v) is 2.88. The van der Waals surface area contributed by atoms with Gasteiger partial charge in [0, 0.05) is 17.5 Å². The average molecular weight is 261 g/mol. The number of carbonyl (C=O) groups is 1. The van der Waals surface area contributed by atoms with Crippen LogP contribution in [-0.2, 0) is 4.74 Å². The maximum Gasteiger partial charge on any atom is 0.356 e. The number of benzene rings is 1. The minimum atomic E-state index is -0.516. The maximum atomic E-state index is 11.6. The minimum Gasteiger partial charge on any atom is -0.496 e. The Morgan fingerprint density at radius 2 is 1.95 bits per heavy atom. The van der Waals surface area contributed by atoms with Crippen molar-refractivity contribution in [1.29, 1.82) is 0 Å². The quantitative estimate of drug-likeness (QED) is 0.767. The molecule has 2 aromatic rings. The van der Waals surface area contributed by atoms with Crippen LogP contribution in [-0.4, -0.2) is 32.0 Å². The molecule has 1 aliphatic rings. The van der Waals surface area contributed by atoms with Crippen LogP contribution < -0.4 is 14.2 Å². The van der Waals surface area contributed by atoms with Gasteiger partial charge in [-0.15, -0.1) is 0 Å². The van der Waals surface area contributed by atoms with Crippen molar-refractivity contribution in [2.24, 2.45) is 0 Å². The van der Waals surface area contributed by atoms with Gasteiger partial charge in [-0.1, -0.05) is 0 Å². The summed E-state index contributed by atoms with van der Waals surface area (Å²) in [6, 6.07) is 5.04. The van der Waals surface area contributed by atoms with Gasteiger partial charge in [-0.05, 0) is 6.07 Å². The Morgan fingerprint density at radius 3 is 2.63 bits per heavy atom. The molecule has 1 aromatic heterocycles. The minimum absolute atomic E-state index is 0.178. The number of carbonyl (C=O) groups excluding carboxylic acids is 1. The monoisotopic (exact) mass is 261 g/mol. The summed E-state index contributed by atoms with van der Waals surface area (Å²) in [5.41, 5.74) is 0.773. The lowest BCUT2D eigenvalue weighted by atomic mass is 10.1. The van der Waals surface area contributed by atoms with Crippen LogP contribution in [0.3, 0.4) is 0 Å². The number of hydrogen-bond donors (Lipinski definition) is 0. The first-order valence-corrected chi connectivity index (χ1v) is 5.59. The van der Waals surface area contributed by atoms with Gasteiger partial charge in [-0.2, -0.15) is 0 Å². The number of aromatic nitrogens is 1. The Balaban J connectivity index is 2.25. The van der Waals surface area contributed by atoms with E-state index in [0.29, 0.717) is 22.8 Å². The molecule has 1 aromatic carbocycles. The molecule has 0 fully saturated rings. The van der Waals surface area contributed by atoms with Gasteiger partial charge in [0.05, 0.1) is 19.7 Å². The van der Waals surface area contributed by atoms with Crippen molar-refractivity contribution in [3.8, 4) is 17.2 Å². The number of ether oxygens (including phenoxy) is 4. The Hall–Kier alpha value is -2.50. The van der Waals surface area contributed by atoms with Crippen LogP contribution in [0.15, 0.2) is 18.2 Å². The molecule has 6 heteroatoms. The Morgan fingerprint density at radius 1 is 1.21 bits per heavy atom. The molecule has 0 radical (unpaired) electrons. The van der Waals surface area contributed by atoms with Gasteiger partial charge in [0.1, 0.15) is 5.75 Å². The fourth-order valence-electron chi connectivity index (χ4n) is 1.96. The lowest BCUT2D eigenvalue weighted by molar-refractivity contribution is 0.0594. The smallest absolute Gasteiger partial charge is 0.356 e. The van der Waals surface area contributed by atoms with E-state index in [1.54, 1.807) is 12.1 Å². The van der Waals surface area contributed by atoms with E-state index >= 15 is 0 Å². The zero-order valence-corrected chi connectivity index (χ0v) is 10.4. The van der Waals surface area contributed by atoms with E-state index in [-0.39, 0.29) is 12.5 Å². The van der Waals surface area contributed by atoms with Crippen LogP contribution in [0.2, 0.25) is 0 Å². The largest absolute Gasteiger partial charge is 0.496 e. The number of fused-ring (bicyclic) bond motifs is 2. The van der Waals surface area contributed by atoms with Gasteiger partial charge in [-0.25, -0.2) is 9.78 Å². The first kappa shape index (κ1) is 11.6. The topological polar surface area (TPSA) is 66.9 Å². The molecule has 0 amide bonds. The highest BCUT2D eigenvalue weighted by atomic mass is 16.7. The first-order valence-electron chi connectivity index (χ1n) is 5.59. The van der Waals surface area contributed by atoms with Crippen LogP contribution in [0.25, 0.3) is 10.9 Å². The molecular formula is C13H11NO5. The molecule has 0 bridgehead atoms. The molecule has 3 rings (SSSR count). The molecule has 0 atom stereocenters. The van der Waals surface area contributed by atoms with E-state index in [4.69, 9.17) is 14.2 Å². The summed E-state index contributed by atoms with van der Waals surface area (Å²) in [5, 5.41) is 0.749. The summed E-state index contributed by atoms with van der Waals surface area (Å²) in [6.45, 7) is 0.178. The van der Waals surface area contributed by atoms with Crippen molar-refractivity contribution in [3.05, 3.63) is 23.9 Å². The van der Waals surface area contributed by atoms with Gasteiger partial charge in [0.2, 0.25) is 6.79 Å². The van der Waals surface area contributed by atoms with Gasteiger partial charge < -0.3 is 18.9 Å². The second-order valence-electron chi connectivity index (χ2n) is 3.92. The number of nitrogens with zero attached hydrogens (tertiary/aromatic N) is 1. The summed E-state index contributed by atoms with van der Waals surface area (Å²) >= 11 is 0. The normalized spacial score (nSPS) is 12.5. The summed E-state index contributed by atoms with van der Waals surface area (Å²) in [7, 11) is 2.83. The molecule has 98 valence electrons. The SMILES string of the molecule is COC(=O)c1cc(OC)c2cc3c(cc2n1)OCO3. The second kappa shape index (κ2) is 4.31. The van der Waals surface area contributed by atoms with E-state index in [1.807, 2.05) is 0 Å². The second-order valence-corrected chi connectivity index (χ2v) is 3.92. The summed E-state index contributed by atoms with van der Waals surface area (Å²) in [4.78, 5) is 15.8. The van der Waals surface area contributed by atoms with Crippen LogP contribution in [0, 0.1) is 0 Å². The Labute approximate surface area is 108 Å². The predicted octanol–water partition coefficient (Wildman–Crippen LogP) is 1.76. The Bertz CT molecular complexity index is 668. The fraction of sp³-hybridized carbons (Fsp3) is 0.231. The lowest BCUT2D eigenvalue weighted by Crippen LogP contribution is -2.05. The maximum absolute atomic E-state index is 11.6. The fourth-order valence-corrected chi connectivity index (χ4v) is 1.96. The molecule has 0 unspecified atom stereocenters. The number of hydrogen-bond acceptors (Lipinski definition) is 6. The molecule has 1 aliphatic heterocycles. The molecule has 0 saturated carbocycles. The zero-order chi connectivity index (χ0) is 13.4. The number of methoxy groups -OCH3 is 2. The van der Waals surface area contributed by atoms with Gasteiger partial charge >= 0.3 is 5.97 Å². The Kier molecular flexibility index (Phi) is 2.63. The van der Waals surface area contributed by atoms with Crippen LogP contribution in [0.4, 0.5) is 0 Å². The van der Waals surface area contributed by atoms with E-state index < -0.39 is 5.97 Å². The number of esters is 1. The van der Waals surface area contributed by atoms with Crippen LogP contribution in [0.5, 0.6) is 17.2 Å². The van der Waals surface area contributed by atoms with Crippen LogP contribution in [0.1, 0.15) is 10.5 Å². The third kappa shape index (κ3) is 1.81. The highest BCUT2D eigenvalue weighted by Crippen LogP contribution is 2.38. The van der Waals surface area contributed by atoms with Crippen molar-refractivity contribution < 1.29 is 23.7 Å².